The summed E-state index contributed by atoms with van der Waals surface area (Å²) in [6.45, 7) is 2.89. The lowest BCUT2D eigenvalue weighted by Gasteiger charge is -2.06. The number of benzene rings is 2. The van der Waals surface area contributed by atoms with Crippen LogP contribution in [0.1, 0.15) is 25.3 Å². The number of unbranched alkanes of at least 4 members (excludes halogenated alkanes) is 1. The highest BCUT2D eigenvalue weighted by molar-refractivity contribution is 7.16. The van der Waals surface area contributed by atoms with E-state index in [9.17, 15) is 10.1 Å². The fourth-order valence-corrected chi connectivity index (χ4v) is 3.55. The van der Waals surface area contributed by atoms with Gasteiger partial charge in [0.05, 0.1) is 21.8 Å². The van der Waals surface area contributed by atoms with E-state index in [0.29, 0.717) is 5.56 Å². The number of aromatic nitrogens is 1. The molecule has 3 rings (SSSR count). The number of thiazole rings is 1. The summed E-state index contributed by atoms with van der Waals surface area (Å²) in [5.74, 6) is 0. The minimum absolute atomic E-state index is 0.0918. The largest absolute Gasteiger partial charge is 0.308 e. The Bertz CT molecular complexity index is 915. The van der Waals surface area contributed by atoms with Gasteiger partial charge in [0, 0.05) is 6.54 Å². The Labute approximate surface area is 133 Å². The Morgan fingerprint density at radius 2 is 2.05 bits per heavy atom. The van der Waals surface area contributed by atoms with Gasteiger partial charge in [0.1, 0.15) is 0 Å². The molecular weight excluding hydrogens is 292 g/mol. The van der Waals surface area contributed by atoms with E-state index in [1.807, 2.05) is 47.0 Å². The molecule has 1 heterocycles. The summed E-state index contributed by atoms with van der Waals surface area (Å²) in [5.41, 5.74) is 3.53. The highest BCUT2D eigenvalue weighted by Gasteiger charge is 2.10. The van der Waals surface area contributed by atoms with Crippen LogP contribution >= 0.6 is 11.3 Å². The maximum atomic E-state index is 12.1. The average Bonchev–Trinajstić information content (AvgIpc) is 2.87. The first kappa shape index (κ1) is 14.6. The van der Waals surface area contributed by atoms with Crippen LogP contribution in [0.2, 0.25) is 0 Å². The van der Waals surface area contributed by atoms with E-state index in [-0.39, 0.29) is 4.87 Å². The Balaban J connectivity index is 2.12. The van der Waals surface area contributed by atoms with Gasteiger partial charge in [-0.3, -0.25) is 9.36 Å². The Morgan fingerprint density at radius 3 is 2.82 bits per heavy atom. The number of hydrogen-bond donors (Lipinski definition) is 0. The third-order valence-corrected chi connectivity index (χ3v) is 4.70. The monoisotopic (exact) mass is 308 g/mol. The van der Waals surface area contributed by atoms with Crippen LogP contribution in [0, 0.1) is 11.3 Å². The van der Waals surface area contributed by atoms with Gasteiger partial charge in [0.15, 0.2) is 0 Å². The first-order chi connectivity index (χ1) is 10.7. The van der Waals surface area contributed by atoms with E-state index in [2.05, 4.69) is 13.0 Å². The Hall–Kier alpha value is -2.38. The molecule has 0 radical (unpaired) electrons. The number of hydrogen-bond acceptors (Lipinski definition) is 3. The lowest BCUT2D eigenvalue weighted by atomic mass is 10.0. The van der Waals surface area contributed by atoms with Crippen LogP contribution in [-0.2, 0) is 6.54 Å². The predicted molar refractivity (Wildman–Crippen MR) is 91.1 cm³/mol. The topological polar surface area (TPSA) is 45.8 Å². The van der Waals surface area contributed by atoms with Crippen molar-refractivity contribution in [1.82, 2.24) is 4.57 Å². The minimum atomic E-state index is 0.0918. The van der Waals surface area contributed by atoms with Crippen molar-refractivity contribution in [2.24, 2.45) is 0 Å². The van der Waals surface area contributed by atoms with Crippen LogP contribution < -0.4 is 4.87 Å². The number of fused-ring (bicyclic) bond motifs is 1. The molecule has 110 valence electrons. The van der Waals surface area contributed by atoms with Gasteiger partial charge in [-0.05, 0) is 35.7 Å². The molecule has 0 aliphatic carbocycles. The summed E-state index contributed by atoms with van der Waals surface area (Å²) in [6, 6.07) is 15.8. The second kappa shape index (κ2) is 6.17. The maximum absolute atomic E-state index is 12.1. The summed E-state index contributed by atoms with van der Waals surface area (Å²) in [4.78, 5) is 12.2. The number of nitriles is 1. The van der Waals surface area contributed by atoms with Gasteiger partial charge in [0.2, 0.25) is 0 Å². The molecule has 0 fully saturated rings. The summed E-state index contributed by atoms with van der Waals surface area (Å²) >= 11 is 1.28. The zero-order valence-electron chi connectivity index (χ0n) is 12.4. The van der Waals surface area contributed by atoms with E-state index in [1.165, 1.54) is 11.3 Å². The fraction of sp³-hybridized carbons (Fsp3) is 0.222. The molecule has 0 N–H and O–H groups in total. The summed E-state index contributed by atoms with van der Waals surface area (Å²) in [6.07, 6.45) is 2.07. The molecule has 0 aliphatic heterocycles. The van der Waals surface area contributed by atoms with Gasteiger partial charge in [0.25, 0.3) is 0 Å². The first-order valence-corrected chi connectivity index (χ1v) is 8.19. The number of rotatable bonds is 4. The molecule has 22 heavy (non-hydrogen) atoms. The second-order valence-corrected chi connectivity index (χ2v) is 6.21. The molecule has 0 saturated carbocycles. The van der Waals surface area contributed by atoms with E-state index in [4.69, 9.17) is 0 Å². The molecule has 0 spiro atoms. The highest BCUT2D eigenvalue weighted by atomic mass is 32.1. The SMILES string of the molecule is CCCCn1c(=O)sc2cc(-c3ccccc3C#N)ccc21. The summed E-state index contributed by atoms with van der Waals surface area (Å²) in [5, 5.41) is 9.24. The quantitative estimate of drug-likeness (QED) is 0.717. The predicted octanol–water partition coefficient (Wildman–Crippen LogP) is 4.40. The summed E-state index contributed by atoms with van der Waals surface area (Å²) < 4.78 is 2.83. The second-order valence-electron chi connectivity index (χ2n) is 5.21. The standard InChI is InChI=1S/C18H16N2OS/c1-2-3-10-20-16-9-8-13(11-17(16)22-18(20)21)15-7-5-4-6-14(15)12-19/h4-9,11H,2-3,10H2,1H3. The van der Waals surface area contributed by atoms with Gasteiger partial charge in [-0.1, -0.05) is 48.9 Å². The Kier molecular flexibility index (Phi) is 4.08. The molecule has 0 amide bonds. The van der Waals surface area contributed by atoms with Crippen molar-refractivity contribution in [3.63, 3.8) is 0 Å². The van der Waals surface area contributed by atoms with Gasteiger partial charge in [-0.2, -0.15) is 5.26 Å². The third-order valence-electron chi connectivity index (χ3n) is 3.76. The van der Waals surface area contributed by atoms with E-state index < -0.39 is 0 Å². The smallest absolute Gasteiger partial charge is 0.299 e. The van der Waals surface area contributed by atoms with Crippen molar-refractivity contribution in [1.29, 1.82) is 5.26 Å². The molecule has 3 aromatic rings. The molecule has 0 aliphatic rings. The van der Waals surface area contributed by atoms with Crippen molar-refractivity contribution in [3.8, 4) is 17.2 Å². The van der Waals surface area contributed by atoms with Crippen LogP contribution in [0.4, 0.5) is 0 Å². The zero-order chi connectivity index (χ0) is 15.5. The van der Waals surface area contributed by atoms with Gasteiger partial charge >= 0.3 is 4.87 Å². The zero-order valence-corrected chi connectivity index (χ0v) is 13.2. The molecule has 0 atom stereocenters. The Morgan fingerprint density at radius 1 is 1.23 bits per heavy atom. The fourth-order valence-electron chi connectivity index (χ4n) is 2.59. The maximum Gasteiger partial charge on any atom is 0.308 e. The lowest BCUT2D eigenvalue weighted by Crippen LogP contribution is -2.12. The van der Waals surface area contributed by atoms with Crippen LogP contribution in [0.3, 0.4) is 0 Å². The van der Waals surface area contributed by atoms with Crippen molar-refractivity contribution in [2.45, 2.75) is 26.3 Å². The molecule has 0 saturated heterocycles. The first-order valence-electron chi connectivity index (χ1n) is 7.37. The van der Waals surface area contributed by atoms with E-state index in [1.54, 1.807) is 0 Å². The average molecular weight is 308 g/mol. The van der Waals surface area contributed by atoms with Gasteiger partial charge in [-0.15, -0.1) is 0 Å². The normalized spacial score (nSPS) is 10.7. The summed E-state index contributed by atoms with van der Waals surface area (Å²) in [7, 11) is 0. The van der Waals surface area contributed by atoms with Crippen molar-refractivity contribution in [2.75, 3.05) is 0 Å². The molecule has 3 nitrogen and oxygen atoms in total. The molecular formula is C18H16N2OS. The van der Waals surface area contributed by atoms with Crippen molar-refractivity contribution < 1.29 is 0 Å². The number of aryl methyl sites for hydroxylation is 1. The number of nitrogens with zero attached hydrogens (tertiary/aromatic N) is 2. The van der Waals surface area contributed by atoms with E-state index >= 15 is 0 Å². The van der Waals surface area contributed by atoms with Gasteiger partial charge in [-0.25, -0.2) is 0 Å². The van der Waals surface area contributed by atoms with Crippen molar-refractivity contribution >= 4 is 21.6 Å². The third kappa shape index (κ3) is 2.56. The van der Waals surface area contributed by atoms with Crippen LogP contribution in [0.15, 0.2) is 47.3 Å². The highest BCUT2D eigenvalue weighted by Crippen LogP contribution is 2.28. The lowest BCUT2D eigenvalue weighted by molar-refractivity contribution is 0.640. The van der Waals surface area contributed by atoms with E-state index in [0.717, 1.165) is 40.7 Å². The van der Waals surface area contributed by atoms with Crippen molar-refractivity contribution in [3.05, 3.63) is 57.7 Å². The van der Waals surface area contributed by atoms with Gasteiger partial charge < -0.3 is 0 Å². The molecule has 0 unspecified atom stereocenters. The van der Waals surface area contributed by atoms with Crippen LogP contribution in [0.5, 0.6) is 0 Å². The molecule has 2 aromatic carbocycles. The minimum Gasteiger partial charge on any atom is -0.299 e. The van der Waals surface area contributed by atoms with Crippen LogP contribution in [-0.4, -0.2) is 4.57 Å². The molecule has 1 aromatic heterocycles. The molecule has 4 heteroatoms. The molecule has 0 bridgehead atoms. The van der Waals surface area contributed by atoms with Crippen LogP contribution in [0.25, 0.3) is 21.3 Å².